The van der Waals surface area contributed by atoms with E-state index in [1.165, 1.54) is 0 Å². The molecule has 0 fully saturated rings. The summed E-state index contributed by atoms with van der Waals surface area (Å²) in [5, 5.41) is 5.70. The molecular weight excluding hydrogens is 260 g/mol. The average molecular weight is 278 g/mol. The highest BCUT2D eigenvalue weighted by molar-refractivity contribution is 7.80. The van der Waals surface area contributed by atoms with Crippen molar-refractivity contribution < 1.29 is 9.53 Å². The molecule has 0 aliphatic heterocycles. The molecule has 5 heteroatoms. The van der Waals surface area contributed by atoms with Crippen LogP contribution in [0.15, 0.2) is 36.9 Å². The summed E-state index contributed by atoms with van der Waals surface area (Å²) in [7, 11) is 0. The minimum Gasteiger partial charge on any atom is -0.490 e. The van der Waals surface area contributed by atoms with Crippen molar-refractivity contribution in [3.63, 3.8) is 0 Å². The first kappa shape index (κ1) is 15.2. The summed E-state index contributed by atoms with van der Waals surface area (Å²) in [6.45, 7) is 7.88. The van der Waals surface area contributed by atoms with Gasteiger partial charge in [-0.15, -0.1) is 6.58 Å². The molecule has 1 aromatic carbocycles. The number of thiocarbonyl (C=S) groups is 1. The Balaban J connectivity index is 2.76. The standard InChI is InChI=1S/C14H18N2O2S/c1-4-9-15-14(19)16-13(17)11-7-5-6-8-12(11)18-10(2)3/h4-8,10H,1,9H2,2-3H3,(H2,15,16,17,19). The number of para-hydroxylation sites is 1. The van der Waals surface area contributed by atoms with Gasteiger partial charge in [0.25, 0.3) is 5.91 Å². The van der Waals surface area contributed by atoms with E-state index in [-0.39, 0.29) is 17.1 Å². The van der Waals surface area contributed by atoms with Crippen molar-refractivity contribution in [3.05, 3.63) is 42.5 Å². The first-order valence-corrected chi connectivity index (χ1v) is 6.41. The molecule has 0 spiro atoms. The van der Waals surface area contributed by atoms with E-state index in [0.717, 1.165) is 0 Å². The molecule has 0 unspecified atom stereocenters. The molecule has 0 aliphatic carbocycles. The summed E-state index contributed by atoms with van der Waals surface area (Å²) in [6.07, 6.45) is 1.66. The molecule has 0 bridgehead atoms. The maximum atomic E-state index is 12.1. The topological polar surface area (TPSA) is 50.4 Å². The van der Waals surface area contributed by atoms with Gasteiger partial charge in [-0.25, -0.2) is 0 Å². The molecule has 0 aliphatic rings. The highest BCUT2D eigenvalue weighted by Gasteiger charge is 2.13. The second-order valence-electron chi connectivity index (χ2n) is 4.12. The van der Waals surface area contributed by atoms with Crippen LogP contribution >= 0.6 is 12.2 Å². The summed E-state index contributed by atoms with van der Waals surface area (Å²) in [6, 6.07) is 7.06. The molecular formula is C14H18N2O2S. The number of nitrogens with one attached hydrogen (secondary N) is 2. The van der Waals surface area contributed by atoms with Gasteiger partial charge >= 0.3 is 0 Å². The van der Waals surface area contributed by atoms with E-state index in [1.54, 1.807) is 24.3 Å². The zero-order chi connectivity index (χ0) is 14.3. The van der Waals surface area contributed by atoms with E-state index >= 15 is 0 Å². The van der Waals surface area contributed by atoms with Gasteiger partial charge in [-0.3, -0.25) is 10.1 Å². The van der Waals surface area contributed by atoms with Gasteiger partial charge < -0.3 is 10.1 Å². The van der Waals surface area contributed by atoms with Crippen LogP contribution < -0.4 is 15.4 Å². The lowest BCUT2D eigenvalue weighted by atomic mass is 10.2. The predicted octanol–water partition coefficient (Wildman–Crippen LogP) is 2.26. The zero-order valence-electron chi connectivity index (χ0n) is 11.1. The number of carbonyl (C=O) groups excluding carboxylic acids is 1. The van der Waals surface area contributed by atoms with E-state index in [2.05, 4.69) is 17.2 Å². The van der Waals surface area contributed by atoms with Gasteiger partial charge in [-0.1, -0.05) is 18.2 Å². The van der Waals surface area contributed by atoms with Crippen molar-refractivity contribution in [2.24, 2.45) is 0 Å². The Morgan fingerprint density at radius 2 is 2.16 bits per heavy atom. The molecule has 0 atom stereocenters. The number of hydrogen-bond acceptors (Lipinski definition) is 3. The van der Waals surface area contributed by atoms with Gasteiger partial charge in [0.2, 0.25) is 0 Å². The molecule has 0 radical (unpaired) electrons. The minimum atomic E-state index is -0.294. The van der Waals surface area contributed by atoms with Gasteiger partial charge in [-0.2, -0.15) is 0 Å². The lowest BCUT2D eigenvalue weighted by Crippen LogP contribution is -2.39. The molecule has 0 saturated heterocycles. The number of amides is 1. The van der Waals surface area contributed by atoms with Gasteiger partial charge in [-0.05, 0) is 38.2 Å². The van der Waals surface area contributed by atoms with Crippen LogP contribution in [0.5, 0.6) is 5.75 Å². The molecule has 4 nitrogen and oxygen atoms in total. The van der Waals surface area contributed by atoms with Gasteiger partial charge in [0.15, 0.2) is 5.11 Å². The number of carbonyl (C=O) groups is 1. The second-order valence-corrected chi connectivity index (χ2v) is 4.52. The number of benzene rings is 1. The molecule has 0 heterocycles. The third-order valence-corrected chi connectivity index (χ3v) is 2.37. The van der Waals surface area contributed by atoms with Crippen molar-refractivity contribution in [1.29, 1.82) is 0 Å². The van der Waals surface area contributed by atoms with E-state index < -0.39 is 0 Å². The summed E-state index contributed by atoms with van der Waals surface area (Å²) in [5.74, 6) is 0.249. The maximum absolute atomic E-state index is 12.1. The average Bonchev–Trinajstić information content (AvgIpc) is 2.36. The molecule has 1 amide bonds. The number of rotatable bonds is 5. The summed E-state index contributed by atoms with van der Waals surface area (Å²) in [5.41, 5.74) is 0.457. The Labute approximate surface area is 118 Å². The zero-order valence-corrected chi connectivity index (χ0v) is 11.9. The van der Waals surface area contributed by atoms with Crippen LogP contribution in [-0.4, -0.2) is 23.7 Å². The Morgan fingerprint density at radius 1 is 1.47 bits per heavy atom. The van der Waals surface area contributed by atoms with Crippen LogP contribution in [0.25, 0.3) is 0 Å². The Morgan fingerprint density at radius 3 is 2.79 bits per heavy atom. The first-order valence-electron chi connectivity index (χ1n) is 6.00. The molecule has 1 rings (SSSR count). The van der Waals surface area contributed by atoms with Crippen molar-refractivity contribution in [1.82, 2.24) is 10.6 Å². The van der Waals surface area contributed by atoms with Crippen LogP contribution in [0, 0.1) is 0 Å². The van der Waals surface area contributed by atoms with E-state index in [1.807, 2.05) is 19.9 Å². The normalized spacial score (nSPS) is 9.84. The fourth-order valence-electron chi connectivity index (χ4n) is 1.39. The second kappa shape index (κ2) is 7.53. The molecule has 0 aromatic heterocycles. The van der Waals surface area contributed by atoms with Crippen molar-refractivity contribution in [3.8, 4) is 5.75 Å². The van der Waals surface area contributed by atoms with Crippen molar-refractivity contribution >= 4 is 23.2 Å². The third-order valence-electron chi connectivity index (χ3n) is 2.13. The van der Waals surface area contributed by atoms with Gasteiger partial charge in [0.1, 0.15) is 5.75 Å². The van der Waals surface area contributed by atoms with Crippen molar-refractivity contribution in [2.45, 2.75) is 20.0 Å². The van der Waals surface area contributed by atoms with E-state index in [4.69, 9.17) is 17.0 Å². The number of hydrogen-bond donors (Lipinski definition) is 2. The Hall–Kier alpha value is -1.88. The smallest absolute Gasteiger partial charge is 0.261 e. The van der Waals surface area contributed by atoms with Gasteiger partial charge in [0.05, 0.1) is 11.7 Å². The van der Waals surface area contributed by atoms with Crippen LogP contribution in [0.4, 0.5) is 0 Å². The maximum Gasteiger partial charge on any atom is 0.261 e. The van der Waals surface area contributed by atoms with Crippen LogP contribution in [0.2, 0.25) is 0 Å². The summed E-state index contributed by atoms with van der Waals surface area (Å²) < 4.78 is 5.59. The fraction of sp³-hybridized carbons (Fsp3) is 0.286. The number of ether oxygens (including phenoxy) is 1. The van der Waals surface area contributed by atoms with Crippen LogP contribution in [0.1, 0.15) is 24.2 Å². The lowest BCUT2D eigenvalue weighted by Gasteiger charge is -2.14. The lowest BCUT2D eigenvalue weighted by molar-refractivity contribution is 0.0971. The fourth-order valence-corrected chi connectivity index (χ4v) is 1.57. The molecule has 1 aromatic rings. The van der Waals surface area contributed by atoms with E-state index in [9.17, 15) is 4.79 Å². The van der Waals surface area contributed by atoms with E-state index in [0.29, 0.717) is 17.9 Å². The Kier molecular flexibility index (Phi) is 6.02. The largest absolute Gasteiger partial charge is 0.490 e. The predicted molar refractivity (Wildman–Crippen MR) is 80.5 cm³/mol. The highest BCUT2D eigenvalue weighted by Crippen LogP contribution is 2.19. The van der Waals surface area contributed by atoms with Gasteiger partial charge in [0, 0.05) is 6.54 Å². The highest BCUT2D eigenvalue weighted by atomic mass is 32.1. The molecule has 102 valence electrons. The van der Waals surface area contributed by atoms with Crippen molar-refractivity contribution in [2.75, 3.05) is 6.54 Å². The monoisotopic (exact) mass is 278 g/mol. The molecule has 0 saturated carbocycles. The first-order chi connectivity index (χ1) is 9.04. The molecule has 2 N–H and O–H groups in total. The Bertz CT molecular complexity index is 472. The SMILES string of the molecule is C=CCNC(=S)NC(=O)c1ccccc1OC(C)C. The minimum absolute atomic E-state index is 0.000192. The third kappa shape index (κ3) is 5.09. The quantitative estimate of drug-likeness (QED) is 0.641. The van der Waals surface area contributed by atoms with Crippen LogP contribution in [0.3, 0.4) is 0 Å². The summed E-state index contributed by atoms with van der Waals surface area (Å²) in [4.78, 5) is 12.1. The molecule has 19 heavy (non-hydrogen) atoms. The summed E-state index contributed by atoms with van der Waals surface area (Å²) >= 11 is 5.00. The van der Waals surface area contributed by atoms with Crippen LogP contribution in [-0.2, 0) is 0 Å².